The van der Waals surface area contributed by atoms with Crippen LogP contribution in [-0.4, -0.2) is 14.9 Å². The Bertz CT molecular complexity index is 566. The van der Waals surface area contributed by atoms with Gasteiger partial charge in [-0.1, -0.05) is 6.07 Å². The van der Waals surface area contributed by atoms with E-state index in [1.807, 2.05) is 6.92 Å². The third-order valence-electron chi connectivity index (χ3n) is 3.06. The van der Waals surface area contributed by atoms with Crippen molar-refractivity contribution in [2.75, 3.05) is 0 Å². The van der Waals surface area contributed by atoms with Gasteiger partial charge in [-0.2, -0.15) is 5.10 Å². The van der Waals surface area contributed by atoms with E-state index >= 15 is 0 Å². The maximum absolute atomic E-state index is 13.5. The molecule has 0 aliphatic rings. The Morgan fingerprint density at radius 3 is 2.67 bits per heavy atom. The van der Waals surface area contributed by atoms with Crippen LogP contribution < -0.4 is 0 Å². The molecule has 0 spiro atoms. The minimum absolute atomic E-state index is 0.0959. The Morgan fingerprint density at radius 2 is 2.11 bits per heavy atom. The lowest BCUT2D eigenvalue weighted by molar-refractivity contribution is 0.176. The summed E-state index contributed by atoms with van der Waals surface area (Å²) in [6, 6.07) is 3.35. The van der Waals surface area contributed by atoms with E-state index in [2.05, 4.69) is 5.10 Å². The summed E-state index contributed by atoms with van der Waals surface area (Å²) in [5, 5.41) is 14.1. The van der Waals surface area contributed by atoms with Gasteiger partial charge in [0, 0.05) is 30.8 Å². The van der Waals surface area contributed by atoms with Crippen molar-refractivity contribution in [3.8, 4) is 0 Å². The number of benzene rings is 1. The molecule has 3 nitrogen and oxygen atoms in total. The molecule has 0 bridgehead atoms. The second-order valence-corrected chi connectivity index (χ2v) is 4.26. The molecule has 0 saturated heterocycles. The van der Waals surface area contributed by atoms with E-state index in [1.165, 1.54) is 12.1 Å². The fourth-order valence-electron chi connectivity index (χ4n) is 1.85. The number of hydrogen-bond donors (Lipinski definition) is 1. The topological polar surface area (TPSA) is 38.1 Å². The number of aliphatic hydroxyl groups is 1. The highest BCUT2D eigenvalue weighted by molar-refractivity contribution is 5.24. The number of nitrogens with zero attached hydrogens (tertiary/aromatic N) is 2. The standard InChI is InChI=1S/C13H14F2N2O/c1-8-11(7-16-17(8)2)13(18)5-9-3-4-10(14)6-12(9)15/h3-4,6-7,13,18H,5H2,1-2H3. The Kier molecular flexibility index (Phi) is 3.43. The quantitative estimate of drug-likeness (QED) is 0.910. The lowest BCUT2D eigenvalue weighted by Crippen LogP contribution is -2.05. The molecule has 96 valence electrons. The molecule has 5 heteroatoms. The average Bonchev–Trinajstić information content (AvgIpc) is 2.64. The van der Waals surface area contributed by atoms with Gasteiger partial charge in [0.1, 0.15) is 11.6 Å². The molecule has 1 atom stereocenters. The van der Waals surface area contributed by atoms with E-state index in [4.69, 9.17) is 0 Å². The smallest absolute Gasteiger partial charge is 0.129 e. The van der Waals surface area contributed by atoms with Gasteiger partial charge in [-0.25, -0.2) is 8.78 Å². The van der Waals surface area contributed by atoms with Crippen LogP contribution in [0.25, 0.3) is 0 Å². The van der Waals surface area contributed by atoms with Gasteiger partial charge in [-0.15, -0.1) is 0 Å². The normalized spacial score (nSPS) is 12.7. The van der Waals surface area contributed by atoms with Gasteiger partial charge in [0.05, 0.1) is 12.3 Å². The molecule has 0 fully saturated rings. The van der Waals surface area contributed by atoms with Crippen molar-refractivity contribution in [2.45, 2.75) is 19.4 Å². The zero-order chi connectivity index (χ0) is 13.3. The first kappa shape index (κ1) is 12.7. The predicted octanol–water partition coefficient (Wildman–Crippen LogP) is 2.28. The summed E-state index contributed by atoms with van der Waals surface area (Å²) in [4.78, 5) is 0. The molecule has 1 aromatic carbocycles. The molecule has 1 heterocycles. The van der Waals surface area contributed by atoms with E-state index in [-0.39, 0.29) is 12.0 Å². The van der Waals surface area contributed by atoms with Crippen molar-refractivity contribution < 1.29 is 13.9 Å². The summed E-state index contributed by atoms with van der Waals surface area (Å²) in [6.07, 6.45) is 0.804. The monoisotopic (exact) mass is 252 g/mol. The van der Waals surface area contributed by atoms with Crippen LogP contribution in [0.2, 0.25) is 0 Å². The summed E-state index contributed by atoms with van der Waals surface area (Å²) in [7, 11) is 1.77. The average molecular weight is 252 g/mol. The van der Waals surface area contributed by atoms with Crippen molar-refractivity contribution in [1.82, 2.24) is 9.78 Å². The van der Waals surface area contributed by atoms with E-state index < -0.39 is 17.7 Å². The van der Waals surface area contributed by atoms with Crippen LogP contribution in [0, 0.1) is 18.6 Å². The van der Waals surface area contributed by atoms with E-state index in [0.29, 0.717) is 5.56 Å². The van der Waals surface area contributed by atoms with Gasteiger partial charge in [0.2, 0.25) is 0 Å². The summed E-state index contributed by atoms with van der Waals surface area (Å²) in [5.74, 6) is -1.26. The van der Waals surface area contributed by atoms with Crippen LogP contribution >= 0.6 is 0 Å². The number of hydrogen-bond acceptors (Lipinski definition) is 2. The SMILES string of the molecule is Cc1c(C(O)Cc2ccc(F)cc2F)cnn1C. The maximum atomic E-state index is 13.5. The third kappa shape index (κ3) is 2.41. The van der Waals surface area contributed by atoms with Crippen LogP contribution in [0.4, 0.5) is 8.78 Å². The maximum Gasteiger partial charge on any atom is 0.129 e. The van der Waals surface area contributed by atoms with Gasteiger partial charge in [0.25, 0.3) is 0 Å². The largest absolute Gasteiger partial charge is 0.388 e. The highest BCUT2D eigenvalue weighted by Crippen LogP contribution is 2.22. The van der Waals surface area contributed by atoms with Crippen LogP contribution in [0.15, 0.2) is 24.4 Å². The summed E-state index contributed by atoms with van der Waals surface area (Å²) in [5.41, 5.74) is 1.76. The molecule has 0 saturated carbocycles. The lowest BCUT2D eigenvalue weighted by Gasteiger charge is -2.11. The lowest BCUT2D eigenvalue weighted by atomic mass is 10.0. The zero-order valence-corrected chi connectivity index (χ0v) is 10.2. The first-order chi connectivity index (χ1) is 8.49. The predicted molar refractivity (Wildman–Crippen MR) is 63.0 cm³/mol. The Labute approximate surface area is 104 Å². The first-order valence-electron chi connectivity index (χ1n) is 5.59. The Hall–Kier alpha value is -1.75. The van der Waals surface area contributed by atoms with Crippen molar-refractivity contribution in [3.63, 3.8) is 0 Å². The van der Waals surface area contributed by atoms with Gasteiger partial charge < -0.3 is 5.11 Å². The van der Waals surface area contributed by atoms with Crippen molar-refractivity contribution in [1.29, 1.82) is 0 Å². The molecular formula is C13H14F2N2O. The van der Waals surface area contributed by atoms with Gasteiger partial charge in [-0.05, 0) is 18.6 Å². The minimum atomic E-state index is -0.848. The number of aryl methyl sites for hydroxylation is 1. The molecule has 1 aromatic heterocycles. The van der Waals surface area contributed by atoms with Gasteiger partial charge in [-0.3, -0.25) is 4.68 Å². The first-order valence-corrected chi connectivity index (χ1v) is 5.59. The summed E-state index contributed by atoms with van der Waals surface area (Å²) < 4.78 is 27.9. The Morgan fingerprint density at radius 1 is 1.39 bits per heavy atom. The number of rotatable bonds is 3. The molecule has 0 aliphatic heterocycles. The van der Waals surface area contributed by atoms with Crippen LogP contribution in [0.5, 0.6) is 0 Å². The Balaban J connectivity index is 2.21. The van der Waals surface area contributed by atoms with Crippen molar-refractivity contribution >= 4 is 0 Å². The van der Waals surface area contributed by atoms with E-state index in [1.54, 1.807) is 17.9 Å². The van der Waals surface area contributed by atoms with Gasteiger partial charge in [0.15, 0.2) is 0 Å². The molecule has 0 aliphatic carbocycles. The second-order valence-electron chi connectivity index (χ2n) is 4.26. The van der Waals surface area contributed by atoms with Gasteiger partial charge >= 0.3 is 0 Å². The minimum Gasteiger partial charge on any atom is -0.388 e. The molecule has 18 heavy (non-hydrogen) atoms. The van der Waals surface area contributed by atoms with Crippen LogP contribution in [0.1, 0.15) is 22.9 Å². The fraction of sp³-hybridized carbons (Fsp3) is 0.308. The number of halogens is 2. The second kappa shape index (κ2) is 4.86. The summed E-state index contributed by atoms with van der Waals surface area (Å²) >= 11 is 0. The molecule has 1 N–H and O–H groups in total. The molecular weight excluding hydrogens is 238 g/mol. The molecule has 0 radical (unpaired) electrons. The van der Waals surface area contributed by atoms with E-state index in [9.17, 15) is 13.9 Å². The zero-order valence-electron chi connectivity index (χ0n) is 10.2. The molecule has 1 unspecified atom stereocenters. The van der Waals surface area contributed by atoms with Crippen molar-refractivity contribution in [3.05, 3.63) is 52.9 Å². The molecule has 2 rings (SSSR count). The van der Waals surface area contributed by atoms with Crippen LogP contribution in [-0.2, 0) is 13.5 Å². The molecule has 2 aromatic rings. The highest BCUT2D eigenvalue weighted by atomic mass is 19.1. The van der Waals surface area contributed by atoms with Crippen molar-refractivity contribution in [2.24, 2.45) is 7.05 Å². The molecule has 0 amide bonds. The fourth-order valence-corrected chi connectivity index (χ4v) is 1.85. The third-order valence-corrected chi connectivity index (χ3v) is 3.06. The van der Waals surface area contributed by atoms with E-state index in [0.717, 1.165) is 11.8 Å². The summed E-state index contributed by atoms with van der Waals surface area (Å²) in [6.45, 7) is 1.83. The number of aliphatic hydroxyl groups excluding tert-OH is 1. The van der Waals surface area contributed by atoms with Crippen LogP contribution in [0.3, 0.4) is 0 Å². The highest BCUT2D eigenvalue weighted by Gasteiger charge is 2.16. The number of aromatic nitrogens is 2.